The van der Waals surface area contributed by atoms with Crippen LogP contribution in [0.1, 0.15) is 128 Å². The van der Waals surface area contributed by atoms with Crippen LogP contribution >= 0.6 is 0 Å². The molecule has 0 aliphatic carbocycles. The van der Waals surface area contributed by atoms with Crippen molar-refractivity contribution in [1.82, 2.24) is 42.1 Å². The molecule has 8 atom stereocenters. The molecule has 26 nitrogen and oxygen atoms in total. The minimum absolute atomic E-state index is 0.0777. The van der Waals surface area contributed by atoms with Crippen LogP contribution in [-0.2, 0) is 64.0 Å². The number of primary amides is 4. The number of carbonyl (C=O) groups excluding carboxylic acids is 12. The van der Waals surface area contributed by atoms with E-state index < -0.39 is 158 Å². The Balaban J connectivity index is 2.14. The molecule has 74 heavy (non-hydrogen) atoms. The normalized spacial score (nSPS) is 24.1. The molecule has 2 fully saturated rings. The second kappa shape index (κ2) is 31.3. The van der Waals surface area contributed by atoms with Gasteiger partial charge >= 0.3 is 0 Å². The number of fused-ring (bicyclic) bond motifs is 1. The van der Waals surface area contributed by atoms with E-state index in [4.69, 9.17) is 22.9 Å². The van der Waals surface area contributed by atoms with Crippen molar-refractivity contribution in [3.8, 4) is 5.75 Å². The van der Waals surface area contributed by atoms with Crippen molar-refractivity contribution >= 4 is 70.9 Å². The summed E-state index contributed by atoms with van der Waals surface area (Å²) in [6, 6.07) is -7.42. The lowest BCUT2D eigenvalue weighted by atomic mass is 10.0. The van der Waals surface area contributed by atoms with Gasteiger partial charge in [-0.15, -0.1) is 0 Å². The SMILES string of the molecule is CCCCCCCCCCC[C@@H]1CC(=O)N2CCC[C@@H]2C(=O)NC(CC(N)=O)C(=O)N[C@@H](CO)C(=O)N[C@@H](CCC(N)=O)C(=O)N[C@@H](CC(N)=O)C(=O)N[C@H](Cc2ccc(O)cc2)C(=O)NC(CC(N)=O)C(=O)N1. The number of aliphatic hydroxyl groups is 1. The Kier molecular flexibility index (Phi) is 25.7. The highest BCUT2D eigenvalue weighted by atomic mass is 16.3. The lowest BCUT2D eigenvalue weighted by Gasteiger charge is -2.29. The van der Waals surface area contributed by atoms with Crippen LogP contribution in [0.25, 0.3) is 0 Å². The zero-order valence-corrected chi connectivity index (χ0v) is 41.8. The lowest BCUT2D eigenvalue weighted by molar-refractivity contribution is -0.141. The molecule has 1 aromatic carbocycles. The van der Waals surface area contributed by atoms with Crippen LogP contribution in [-0.4, -0.2) is 147 Å². The van der Waals surface area contributed by atoms with Gasteiger partial charge in [-0.05, 0) is 43.4 Å². The maximum atomic E-state index is 14.3. The van der Waals surface area contributed by atoms with E-state index in [2.05, 4.69) is 44.1 Å². The molecule has 2 saturated heterocycles. The molecule has 12 amide bonds. The van der Waals surface area contributed by atoms with E-state index in [0.717, 1.165) is 51.4 Å². The van der Waals surface area contributed by atoms with Gasteiger partial charge in [0.25, 0.3) is 0 Å². The van der Waals surface area contributed by atoms with Crippen molar-refractivity contribution in [1.29, 1.82) is 0 Å². The number of carbonyl (C=O) groups is 12. The summed E-state index contributed by atoms with van der Waals surface area (Å²) in [6.45, 7) is 1.08. The van der Waals surface area contributed by atoms with Gasteiger partial charge in [0.2, 0.25) is 70.9 Å². The van der Waals surface area contributed by atoms with Gasteiger partial charge in [-0.3, -0.25) is 57.5 Å². The molecule has 17 N–H and O–H groups in total. The molecule has 2 aliphatic rings. The summed E-state index contributed by atoms with van der Waals surface area (Å²) in [7, 11) is 0. The minimum Gasteiger partial charge on any atom is -0.508 e. The molecule has 26 heteroatoms. The maximum Gasteiger partial charge on any atom is 0.245 e. The van der Waals surface area contributed by atoms with E-state index >= 15 is 0 Å². The third-order valence-corrected chi connectivity index (χ3v) is 12.6. The number of rotatable bonds is 22. The van der Waals surface area contributed by atoms with Crippen LogP contribution in [0, 0.1) is 0 Å². The zero-order valence-electron chi connectivity index (χ0n) is 41.8. The highest BCUT2D eigenvalue weighted by Gasteiger charge is 2.39. The molecule has 2 heterocycles. The minimum atomic E-state index is -1.90. The lowest BCUT2D eigenvalue weighted by Crippen LogP contribution is -2.61. The van der Waals surface area contributed by atoms with Gasteiger partial charge in [0.15, 0.2) is 0 Å². The van der Waals surface area contributed by atoms with Gasteiger partial charge in [0, 0.05) is 31.8 Å². The van der Waals surface area contributed by atoms with Gasteiger partial charge in [0.05, 0.1) is 25.9 Å². The van der Waals surface area contributed by atoms with Crippen molar-refractivity contribution in [3.63, 3.8) is 0 Å². The maximum absolute atomic E-state index is 14.3. The van der Waals surface area contributed by atoms with Crippen LogP contribution in [0.4, 0.5) is 0 Å². The molecular formula is C48H74N12O14. The number of aromatic hydroxyl groups is 1. The Hall–Kier alpha value is -7.38. The second-order valence-corrected chi connectivity index (χ2v) is 18.7. The number of unbranched alkanes of at least 4 members (excludes halogenated alkanes) is 8. The van der Waals surface area contributed by atoms with E-state index in [-0.39, 0.29) is 38.0 Å². The van der Waals surface area contributed by atoms with Gasteiger partial charge < -0.3 is 75.3 Å². The van der Waals surface area contributed by atoms with Crippen molar-refractivity contribution in [2.24, 2.45) is 22.9 Å². The molecule has 2 unspecified atom stereocenters. The molecule has 3 rings (SSSR count). The molecule has 2 aliphatic heterocycles. The summed E-state index contributed by atoms with van der Waals surface area (Å²) >= 11 is 0. The fourth-order valence-corrected chi connectivity index (χ4v) is 8.58. The molecule has 0 spiro atoms. The van der Waals surface area contributed by atoms with Crippen molar-refractivity contribution in [3.05, 3.63) is 29.8 Å². The standard InChI is InChI=1S/C48H74N12O14/c1-2-3-4-5-6-7-8-9-10-12-28-22-41(67)60-20-11-13-36(60)48(74)58-34(25-40(52)66)46(72)59-35(26-61)47(73)54-30(18-19-37(49)63)42(68)56-33(24-39(51)65)45(71)55-31(21-27-14-16-29(62)17-15-27)44(70)57-32(23-38(50)64)43(69)53-28/h14-17,28,30-36,61-62H,2-13,18-26H2,1H3,(H2,49,63)(H2,50,64)(H2,51,65)(H2,52,66)(H,53,69)(H,54,73)(H,55,71)(H,56,68)(H,57,70)(H,58,74)(H,59,72)/t28-,30+,31-,32?,33+,34?,35+,36-/m1/s1. The molecule has 0 aromatic heterocycles. The molecule has 0 radical (unpaired) electrons. The van der Waals surface area contributed by atoms with E-state index in [0.29, 0.717) is 18.4 Å². The van der Waals surface area contributed by atoms with Gasteiger partial charge in [-0.2, -0.15) is 0 Å². The topological polar surface area (TPSA) is 437 Å². The molecule has 410 valence electrons. The Morgan fingerprint density at radius 1 is 0.541 bits per heavy atom. The Morgan fingerprint density at radius 2 is 0.973 bits per heavy atom. The first-order chi connectivity index (χ1) is 35.1. The fourth-order valence-electron chi connectivity index (χ4n) is 8.58. The Morgan fingerprint density at radius 3 is 1.49 bits per heavy atom. The smallest absolute Gasteiger partial charge is 0.245 e. The van der Waals surface area contributed by atoms with Crippen molar-refractivity contribution < 1.29 is 67.7 Å². The number of amides is 12. The second-order valence-electron chi connectivity index (χ2n) is 18.7. The van der Waals surface area contributed by atoms with Crippen LogP contribution in [0.3, 0.4) is 0 Å². The number of phenolic OH excluding ortho intramolecular Hbond substituents is 1. The van der Waals surface area contributed by atoms with E-state index in [1.165, 1.54) is 29.2 Å². The van der Waals surface area contributed by atoms with Gasteiger partial charge in [-0.1, -0.05) is 76.8 Å². The largest absolute Gasteiger partial charge is 0.508 e. The first kappa shape index (κ1) is 60.9. The van der Waals surface area contributed by atoms with Crippen molar-refractivity contribution in [2.45, 2.75) is 177 Å². The van der Waals surface area contributed by atoms with E-state index in [9.17, 15) is 67.7 Å². The number of benzene rings is 1. The number of aliphatic hydroxyl groups excluding tert-OH is 1. The number of nitrogens with one attached hydrogen (secondary N) is 7. The molecule has 0 bridgehead atoms. The Bertz CT molecular complexity index is 2160. The van der Waals surface area contributed by atoms with E-state index in [1.54, 1.807) is 0 Å². The summed E-state index contributed by atoms with van der Waals surface area (Å²) in [5.74, 6) is -12.7. The first-order valence-electron chi connectivity index (χ1n) is 25.1. The van der Waals surface area contributed by atoms with Gasteiger partial charge in [0.1, 0.15) is 48.0 Å². The van der Waals surface area contributed by atoms with Crippen LogP contribution in [0.15, 0.2) is 24.3 Å². The monoisotopic (exact) mass is 1040 g/mol. The third-order valence-electron chi connectivity index (χ3n) is 12.6. The Labute approximate surface area is 428 Å². The van der Waals surface area contributed by atoms with E-state index in [1.807, 2.05) is 0 Å². The molecular weight excluding hydrogens is 969 g/mol. The summed E-state index contributed by atoms with van der Waals surface area (Å²) in [5, 5.41) is 36.9. The predicted octanol–water partition coefficient (Wildman–Crippen LogP) is -3.47. The zero-order chi connectivity index (χ0) is 54.9. The number of hydrogen-bond donors (Lipinski definition) is 13. The summed E-state index contributed by atoms with van der Waals surface area (Å²) in [5.41, 5.74) is 22.1. The quantitative estimate of drug-likeness (QED) is 0.0502. The summed E-state index contributed by atoms with van der Waals surface area (Å²) in [6.07, 6.45) is 5.02. The third kappa shape index (κ3) is 21.4. The fraction of sp³-hybridized carbons (Fsp3) is 0.625. The number of nitrogens with two attached hydrogens (primary N) is 4. The average molecular weight is 1040 g/mol. The van der Waals surface area contributed by atoms with Gasteiger partial charge in [-0.25, -0.2) is 0 Å². The highest BCUT2D eigenvalue weighted by Crippen LogP contribution is 2.22. The van der Waals surface area contributed by atoms with Crippen LogP contribution < -0.4 is 60.2 Å². The molecule has 0 saturated carbocycles. The number of hydrogen-bond acceptors (Lipinski definition) is 14. The molecule has 1 aromatic rings. The van der Waals surface area contributed by atoms with Crippen LogP contribution in [0.2, 0.25) is 0 Å². The highest BCUT2D eigenvalue weighted by molar-refractivity contribution is 6.00. The predicted molar refractivity (Wildman–Crippen MR) is 263 cm³/mol. The summed E-state index contributed by atoms with van der Waals surface area (Å²) in [4.78, 5) is 162. The van der Waals surface area contributed by atoms with Crippen molar-refractivity contribution in [2.75, 3.05) is 13.2 Å². The van der Waals surface area contributed by atoms with Crippen LogP contribution in [0.5, 0.6) is 5.75 Å². The number of phenols is 1. The first-order valence-corrected chi connectivity index (χ1v) is 25.1. The number of nitrogens with zero attached hydrogens (tertiary/aromatic N) is 1. The summed E-state index contributed by atoms with van der Waals surface area (Å²) < 4.78 is 0. The average Bonchev–Trinajstić information content (AvgIpc) is 3.83.